The van der Waals surface area contributed by atoms with Crippen molar-refractivity contribution in [2.24, 2.45) is 0 Å². The lowest BCUT2D eigenvalue weighted by Gasteiger charge is -2.39. The zero-order valence-electron chi connectivity index (χ0n) is 17.4. The van der Waals surface area contributed by atoms with Crippen molar-refractivity contribution >= 4 is 28.4 Å². The van der Waals surface area contributed by atoms with Gasteiger partial charge < -0.3 is 4.90 Å². The monoisotopic (exact) mass is 409 g/mol. The first-order valence-corrected chi connectivity index (χ1v) is 11.2. The van der Waals surface area contributed by atoms with Crippen LogP contribution in [0.25, 0.3) is 16.6 Å². The van der Waals surface area contributed by atoms with Crippen molar-refractivity contribution in [2.45, 2.75) is 64.1 Å². The number of carbonyl (C=O) groups is 1. The Morgan fingerprint density at radius 2 is 1.79 bits per heavy atom. The number of benzene rings is 1. The van der Waals surface area contributed by atoms with Gasteiger partial charge in [0.15, 0.2) is 5.82 Å². The Labute approximate surface area is 175 Å². The van der Waals surface area contributed by atoms with Gasteiger partial charge in [-0.3, -0.25) is 4.79 Å². The number of piperidine rings is 1. The van der Waals surface area contributed by atoms with Crippen LogP contribution in [-0.2, 0) is 4.79 Å². The molecule has 1 aromatic carbocycles. The molecule has 4 rings (SSSR count). The average Bonchev–Trinajstić information content (AvgIpc) is 3.03. The summed E-state index contributed by atoms with van der Waals surface area (Å²) in [6.07, 6.45) is 3.37. The topological polar surface area (TPSA) is 63.9 Å². The van der Waals surface area contributed by atoms with Crippen LogP contribution in [0.3, 0.4) is 0 Å². The number of hydrogen-bond donors (Lipinski definition) is 0. The smallest absolute Gasteiger partial charge is 0.233 e. The van der Waals surface area contributed by atoms with Gasteiger partial charge in [-0.1, -0.05) is 36.0 Å². The fraction of sp³-hybridized carbons (Fsp3) is 0.455. The number of carbonyl (C=O) groups excluding carboxylic acids is 1. The molecular formula is C22H27N5OS. The van der Waals surface area contributed by atoms with E-state index in [-0.39, 0.29) is 5.91 Å². The Morgan fingerprint density at radius 3 is 2.45 bits per heavy atom. The molecule has 29 heavy (non-hydrogen) atoms. The van der Waals surface area contributed by atoms with E-state index < -0.39 is 0 Å². The van der Waals surface area contributed by atoms with Gasteiger partial charge in [0.05, 0.1) is 11.4 Å². The lowest BCUT2D eigenvalue weighted by atomic mass is 9.98. The van der Waals surface area contributed by atoms with Gasteiger partial charge in [-0.15, -0.1) is 10.2 Å². The molecule has 3 aromatic rings. The summed E-state index contributed by atoms with van der Waals surface area (Å²) >= 11 is 1.47. The summed E-state index contributed by atoms with van der Waals surface area (Å²) in [5.41, 5.74) is 1.97. The average molecular weight is 410 g/mol. The third kappa shape index (κ3) is 3.88. The summed E-state index contributed by atoms with van der Waals surface area (Å²) in [7, 11) is 0. The van der Waals surface area contributed by atoms with Crippen LogP contribution in [0.4, 0.5) is 0 Å². The molecule has 0 N–H and O–H groups in total. The minimum atomic E-state index is 0.184. The van der Waals surface area contributed by atoms with Crippen molar-refractivity contribution in [3.63, 3.8) is 0 Å². The zero-order chi connectivity index (χ0) is 20.5. The third-order valence-electron chi connectivity index (χ3n) is 5.66. The van der Waals surface area contributed by atoms with Gasteiger partial charge in [0.25, 0.3) is 0 Å². The first-order valence-electron chi connectivity index (χ1n) is 10.2. The second kappa shape index (κ2) is 8.14. The van der Waals surface area contributed by atoms with Crippen molar-refractivity contribution in [1.29, 1.82) is 0 Å². The van der Waals surface area contributed by atoms with E-state index >= 15 is 0 Å². The number of nitrogens with zero attached hydrogens (tertiary/aromatic N) is 5. The van der Waals surface area contributed by atoms with Gasteiger partial charge in [-0.2, -0.15) is 5.10 Å². The fourth-order valence-corrected chi connectivity index (χ4v) is 5.13. The Hall–Kier alpha value is -2.41. The molecule has 3 heterocycles. The molecule has 0 radical (unpaired) electrons. The second-order valence-electron chi connectivity index (χ2n) is 7.93. The van der Waals surface area contributed by atoms with E-state index in [2.05, 4.69) is 34.0 Å². The molecule has 0 bridgehead atoms. The maximum absolute atomic E-state index is 12.9. The number of likely N-dealkylation sites (tertiary alicyclic amines) is 1. The summed E-state index contributed by atoms with van der Waals surface area (Å²) < 4.78 is 1.83. The standard InChI is InChI=1S/C22H27N5OS/c1-14-12-17(4)27(25-14)21-18-10-5-6-11-19(18)22(24-23-21)29-13-20(28)26-15(2)8-7-9-16(26)3/h5-6,10-12,15-16H,7-9,13H2,1-4H3/t15-,16-/m1/s1. The van der Waals surface area contributed by atoms with Crippen molar-refractivity contribution in [3.05, 3.63) is 41.7 Å². The lowest BCUT2D eigenvalue weighted by Crippen LogP contribution is -2.48. The highest BCUT2D eigenvalue weighted by molar-refractivity contribution is 8.00. The SMILES string of the molecule is Cc1cc(C)n(-c2nnc(SCC(=O)N3[C@H](C)CCC[C@H]3C)c3ccccc23)n1. The summed E-state index contributed by atoms with van der Waals surface area (Å²) in [6, 6.07) is 10.7. The van der Waals surface area contributed by atoms with Crippen LogP contribution in [0.2, 0.25) is 0 Å². The molecule has 6 nitrogen and oxygen atoms in total. The van der Waals surface area contributed by atoms with E-state index in [1.54, 1.807) is 0 Å². The summed E-state index contributed by atoms with van der Waals surface area (Å²) in [5, 5.41) is 16.3. The van der Waals surface area contributed by atoms with E-state index in [0.29, 0.717) is 17.8 Å². The van der Waals surface area contributed by atoms with E-state index in [0.717, 1.165) is 45.8 Å². The molecule has 0 spiro atoms. The number of aromatic nitrogens is 4. The minimum Gasteiger partial charge on any atom is -0.337 e. The summed E-state index contributed by atoms with van der Waals surface area (Å²) in [6.45, 7) is 8.28. The zero-order valence-corrected chi connectivity index (χ0v) is 18.2. The molecule has 7 heteroatoms. The number of fused-ring (bicyclic) bond motifs is 1. The van der Waals surface area contributed by atoms with E-state index in [4.69, 9.17) is 0 Å². The number of hydrogen-bond acceptors (Lipinski definition) is 5. The molecule has 1 aliphatic heterocycles. The first kappa shape index (κ1) is 19.9. The lowest BCUT2D eigenvalue weighted by molar-refractivity contribution is -0.134. The van der Waals surface area contributed by atoms with Gasteiger partial charge in [-0.25, -0.2) is 4.68 Å². The van der Waals surface area contributed by atoms with Crippen LogP contribution >= 0.6 is 11.8 Å². The van der Waals surface area contributed by atoms with Gasteiger partial charge in [0, 0.05) is 28.6 Å². The summed E-state index contributed by atoms with van der Waals surface area (Å²) in [4.78, 5) is 15.0. The van der Waals surface area contributed by atoms with Crippen molar-refractivity contribution in [1.82, 2.24) is 24.9 Å². The highest BCUT2D eigenvalue weighted by Crippen LogP contribution is 2.30. The Balaban J connectivity index is 1.61. The van der Waals surface area contributed by atoms with Crippen molar-refractivity contribution in [2.75, 3.05) is 5.75 Å². The quantitative estimate of drug-likeness (QED) is 0.601. The molecule has 2 aromatic heterocycles. The maximum atomic E-state index is 12.9. The Morgan fingerprint density at radius 1 is 1.10 bits per heavy atom. The Bertz CT molecular complexity index is 1040. The molecule has 2 atom stereocenters. The molecule has 0 aliphatic carbocycles. The highest BCUT2D eigenvalue weighted by atomic mass is 32.2. The van der Waals surface area contributed by atoms with Crippen LogP contribution in [0, 0.1) is 13.8 Å². The molecule has 1 saturated heterocycles. The normalized spacial score (nSPS) is 19.7. The molecule has 1 amide bonds. The highest BCUT2D eigenvalue weighted by Gasteiger charge is 2.29. The number of aryl methyl sites for hydroxylation is 2. The first-order chi connectivity index (χ1) is 14.0. The van der Waals surface area contributed by atoms with Crippen LogP contribution in [0.5, 0.6) is 0 Å². The third-order valence-corrected chi connectivity index (χ3v) is 6.62. The van der Waals surface area contributed by atoms with Crippen LogP contribution < -0.4 is 0 Å². The van der Waals surface area contributed by atoms with Crippen LogP contribution in [0.15, 0.2) is 35.4 Å². The number of rotatable bonds is 4. The maximum Gasteiger partial charge on any atom is 0.233 e. The minimum absolute atomic E-state index is 0.184. The van der Waals surface area contributed by atoms with Crippen LogP contribution in [0.1, 0.15) is 44.5 Å². The van der Waals surface area contributed by atoms with E-state index in [1.165, 1.54) is 18.2 Å². The van der Waals surface area contributed by atoms with Gasteiger partial charge in [0.2, 0.25) is 5.91 Å². The molecular weight excluding hydrogens is 382 g/mol. The van der Waals surface area contributed by atoms with Gasteiger partial charge in [0.1, 0.15) is 5.03 Å². The molecule has 0 saturated carbocycles. The van der Waals surface area contributed by atoms with Crippen molar-refractivity contribution < 1.29 is 4.79 Å². The van der Waals surface area contributed by atoms with Crippen LogP contribution in [-0.4, -0.2) is 48.6 Å². The molecule has 152 valence electrons. The summed E-state index contributed by atoms with van der Waals surface area (Å²) in [5.74, 6) is 1.29. The fourth-order valence-electron chi connectivity index (χ4n) is 4.29. The molecule has 1 fully saturated rings. The number of amides is 1. The van der Waals surface area contributed by atoms with Crippen molar-refractivity contribution in [3.8, 4) is 5.82 Å². The van der Waals surface area contributed by atoms with Gasteiger partial charge in [-0.05, 0) is 53.0 Å². The molecule has 0 unspecified atom stereocenters. The second-order valence-corrected chi connectivity index (χ2v) is 8.90. The van der Waals surface area contributed by atoms with Gasteiger partial charge >= 0.3 is 0 Å². The van der Waals surface area contributed by atoms with E-state index in [9.17, 15) is 4.79 Å². The Kier molecular flexibility index (Phi) is 5.58. The predicted octanol–water partition coefficient (Wildman–Crippen LogP) is 4.31. The largest absolute Gasteiger partial charge is 0.337 e. The predicted molar refractivity (Wildman–Crippen MR) is 116 cm³/mol. The van der Waals surface area contributed by atoms with E-state index in [1.807, 2.05) is 48.9 Å². The molecule has 1 aliphatic rings. The number of thioether (sulfide) groups is 1.